The molecule has 1 aromatic rings. The van der Waals surface area contributed by atoms with Gasteiger partial charge in [-0.05, 0) is 44.6 Å². The summed E-state index contributed by atoms with van der Waals surface area (Å²) in [6.45, 7) is 5.46. The van der Waals surface area contributed by atoms with Gasteiger partial charge in [-0.2, -0.15) is 0 Å². The predicted molar refractivity (Wildman–Crippen MR) is 83.4 cm³/mol. The summed E-state index contributed by atoms with van der Waals surface area (Å²) in [5.41, 5.74) is 0.801. The van der Waals surface area contributed by atoms with Crippen molar-refractivity contribution in [2.45, 2.75) is 32.1 Å². The standard InChI is InChI=1S/C17H24N4O/c22-16(15-10-18-6-7-19-15)21-9-5-17(13-21)4-1-8-20(12-17)11-14-2-3-14/h6-7,10,14H,1-5,8-9,11-13H2. The normalized spacial score (nSPS) is 29.2. The van der Waals surface area contributed by atoms with Crippen molar-refractivity contribution in [3.63, 3.8) is 0 Å². The maximum absolute atomic E-state index is 12.6. The van der Waals surface area contributed by atoms with E-state index in [0.717, 1.165) is 25.4 Å². The van der Waals surface area contributed by atoms with Gasteiger partial charge in [0.1, 0.15) is 5.69 Å². The van der Waals surface area contributed by atoms with E-state index in [1.807, 2.05) is 4.90 Å². The third kappa shape index (κ3) is 2.86. The molecule has 1 amide bonds. The van der Waals surface area contributed by atoms with Crippen molar-refractivity contribution in [2.24, 2.45) is 11.3 Å². The van der Waals surface area contributed by atoms with Gasteiger partial charge in [0.25, 0.3) is 5.91 Å². The molecule has 1 atom stereocenters. The molecule has 0 bridgehead atoms. The molecule has 3 aliphatic rings. The number of likely N-dealkylation sites (tertiary alicyclic amines) is 2. The zero-order chi connectivity index (χ0) is 15.0. The number of aromatic nitrogens is 2. The molecule has 118 valence electrons. The molecule has 1 aliphatic carbocycles. The first-order valence-corrected chi connectivity index (χ1v) is 8.52. The van der Waals surface area contributed by atoms with Crippen LogP contribution in [-0.4, -0.2) is 58.4 Å². The van der Waals surface area contributed by atoms with Crippen molar-refractivity contribution in [3.8, 4) is 0 Å². The van der Waals surface area contributed by atoms with Gasteiger partial charge in [0.15, 0.2) is 0 Å². The van der Waals surface area contributed by atoms with Crippen LogP contribution in [0.5, 0.6) is 0 Å². The minimum Gasteiger partial charge on any atom is -0.337 e. The Bertz CT molecular complexity index is 545. The molecule has 0 aromatic carbocycles. The van der Waals surface area contributed by atoms with Gasteiger partial charge >= 0.3 is 0 Å². The van der Waals surface area contributed by atoms with Crippen molar-refractivity contribution in [1.82, 2.24) is 19.8 Å². The van der Waals surface area contributed by atoms with E-state index in [-0.39, 0.29) is 5.91 Å². The Balaban J connectivity index is 1.41. The Labute approximate surface area is 131 Å². The molecule has 5 nitrogen and oxygen atoms in total. The second-order valence-electron chi connectivity index (χ2n) is 7.35. The largest absolute Gasteiger partial charge is 0.337 e. The average molecular weight is 300 g/mol. The number of rotatable bonds is 3. The lowest BCUT2D eigenvalue weighted by atomic mass is 9.79. The Morgan fingerprint density at radius 3 is 2.91 bits per heavy atom. The first-order valence-electron chi connectivity index (χ1n) is 8.52. The molecule has 0 radical (unpaired) electrons. The SMILES string of the molecule is O=C(c1cnccn1)N1CCC2(CCCN(CC3CC3)C2)C1. The highest BCUT2D eigenvalue weighted by Crippen LogP contribution is 2.40. The van der Waals surface area contributed by atoms with Gasteiger partial charge in [-0.15, -0.1) is 0 Å². The Kier molecular flexibility index (Phi) is 3.60. The number of hydrogen-bond acceptors (Lipinski definition) is 4. The first-order chi connectivity index (χ1) is 10.7. The van der Waals surface area contributed by atoms with Gasteiger partial charge in [-0.25, -0.2) is 4.98 Å². The van der Waals surface area contributed by atoms with E-state index in [1.54, 1.807) is 18.6 Å². The zero-order valence-electron chi connectivity index (χ0n) is 13.1. The van der Waals surface area contributed by atoms with Gasteiger partial charge in [0.05, 0.1) is 6.20 Å². The summed E-state index contributed by atoms with van der Waals surface area (Å²) in [7, 11) is 0. The fraction of sp³-hybridized carbons (Fsp3) is 0.706. The number of hydrogen-bond donors (Lipinski definition) is 0. The Morgan fingerprint density at radius 2 is 2.14 bits per heavy atom. The van der Waals surface area contributed by atoms with Crippen LogP contribution in [0.4, 0.5) is 0 Å². The smallest absolute Gasteiger partial charge is 0.274 e. The van der Waals surface area contributed by atoms with Crippen molar-refractivity contribution in [2.75, 3.05) is 32.7 Å². The van der Waals surface area contributed by atoms with E-state index in [2.05, 4.69) is 14.9 Å². The zero-order valence-corrected chi connectivity index (χ0v) is 13.1. The summed E-state index contributed by atoms with van der Waals surface area (Å²) >= 11 is 0. The Morgan fingerprint density at radius 1 is 1.23 bits per heavy atom. The molecule has 4 rings (SSSR count). The number of carbonyl (C=O) groups excluding carboxylic acids is 1. The molecule has 22 heavy (non-hydrogen) atoms. The quantitative estimate of drug-likeness (QED) is 0.854. The molecule has 2 aliphatic heterocycles. The second-order valence-corrected chi connectivity index (χ2v) is 7.35. The van der Waals surface area contributed by atoms with Gasteiger partial charge in [0.2, 0.25) is 0 Å². The van der Waals surface area contributed by atoms with Crippen LogP contribution in [0.25, 0.3) is 0 Å². The van der Waals surface area contributed by atoms with E-state index < -0.39 is 0 Å². The molecule has 1 spiro atoms. The van der Waals surface area contributed by atoms with Gasteiger partial charge in [0, 0.05) is 44.0 Å². The molecule has 1 unspecified atom stereocenters. The lowest BCUT2D eigenvalue weighted by Crippen LogP contribution is -2.46. The van der Waals surface area contributed by atoms with E-state index in [9.17, 15) is 4.79 Å². The molecule has 3 heterocycles. The number of carbonyl (C=O) groups is 1. The molecule has 2 saturated heterocycles. The van der Waals surface area contributed by atoms with E-state index in [1.165, 1.54) is 45.3 Å². The lowest BCUT2D eigenvalue weighted by Gasteiger charge is -2.40. The van der Waals surface area contributed by atoms with Crippen LogP contribution >= 0.6 is 0 Å². The van der Waals surface area contributed by atoms with Crippen molar-refractivity contribution in [1.29, 1.82) is 0 Å². The van der Waals surface area contributed by atoms with Gasteiger partial charge in [-0.3, -0.25) is 9.78 Å². The third-order valence-corrected chi connectivity index (χ3v) is 5.46. The average Bonchev–Trinajstić information content (AvgIpc) is 3.27. The lowest BCUT2D eigenvalue weighted by molar-refractivity contribution is 0.0676. The van der Waals surface area contributed by atoms with Crippen molar-refractivity contribution >= 4 is 5.91 Å². The van der Waals surface area contributed by atoms with Gasteiger partial charge in [-0.1, -0.05) is 0 Å². The van der Waals surface area contributed by atoms with E-state index in [4.69, 9.17) is 0 Å². The molecule has 5 heteroatoms. The molecule has 0 N–H and O–H groups in total. The van der Waals surface area contributed by atoms with Gasteiger partial charge < -0.3 is 9.80 Å². The first kappa shape index (κ1) is 14.1. The predicted octanol–water partition coefficient (Wildman–Crippen LogP) is 1.81. The summed E-state index contributed by atoms with van der Waals surface area (Å²) < 4.78 is 0. The van der Waals surface area contributed by atoms with E-state index in [0.29, 0.717) is 11.1 Å². The topological polar surface area (TPSA) is 49.3 Å². The maximum Gasteiger partial charge on any atom is 0.274 e. The third-order valence-electron chi connectivity index (χ3n) is 5.46. The summed E-state index contributed by atoms with van der Waals surface area (Å²) in [6, 6.07) is 0. The van der Waals surface area contributed by atoms with Crippen LogP contribution in [0.2, 0.25) is 0 Å². The molecule has 1 aromatic heterocycles. The molecular formula is C17H24N4O. The van der Waals surface area contributed by atoms with Crippen LogP contribution < -0.4 is 0 Å². The number of piperidine rings is 1. The monoisotopic (exact) mass is 300 g/mol. The van der Waals surface area contributed by atoms with Crippen molar-refractivity contribution < 1.29 is 4.79 Å². The van der Waals surface area contributed by atoms with Crippen LogP contribution in [-0.2, 0) is 0 Å². The van der Waals surface area contributed by atoms with Crippen LogP contribution in [0.3, 0.4) is 0 Å². The minimum atomic E-state index is 0.0456. The molecular weight excluding hydrogens is 276 g/mol. The Hall–Kier alpha value is -1.49. The summed E-state index contributed by atoms with van der Waals surface area (Å²) in [5.74, 6) is 0.998. The highest BCUT2D eigenvalue weighted by atomic mass is 16.2. The fourth-order valence-corrected chi connectivity index (χ4v) is 4.14. The van der Waals surface area contributed by atoms with Crippen LogP contribution in [0.15, 0.2) is 18.6 Å². The van der Waals surface area contributed by atoms with Crippen LogP contribution in [0.1, 0.15) is 42.6 Å². The number of amides is 1. The maximum atomic E-state index is 12.6. The number of nitrogens with zero attached hydrogens (tertiary/aromatic N) is 4. The fourth-order valence-electron chi connectivity index (χ4n) is 4.14. The molecule has 3 fully saturated rings. The highest BCUT2D eigenvalue weighted by molar-refractivity contribution is 5.92. The van der Waals surface area contributed by atoms with Crippen molar-refractivity contribution in [3.05, 3.63) is 24.3 Å². The highest BCUT2D eigenvalue weighted by Gasteiger charge is 2.43. The second kappa shape index (κ2) is 5.61. The van der Waals surface area contributed by atoms with Crippen LogP contribution in [0, 0.1) is 11.3 Å². The summed E-state index contributed by atoms with van der Waals surface area (Å²) in [6.07, 6.45) is 11.3. The summed E-state index contributed by atoms with van der Waals surface area (Å²) in [5, 5.41) is 0. The minimum absolute atomic E-state index is 0.0456. The summed E-state index contributed by atoms with van der Waals surface area (Å²) in [4.78, 5) is 25.4. The molecule has 1 saturated carbocycles. The van der Waals surface area contributed by atoms with E-state index >= 15 is 0 Å².